The zero-order valence-corrected chi connectivity index (χ0v) is 8.08. The molecule has 0 amide bonds. The summed E-state index contributed by atoms with van der Waals surface area (Å²) in [5.41, 5.74) is 10.3. The van der Waals surface area contributed by atoms with Gasteiger partial charge in [0.15, 0.2) is 5.11 Å². The quantitative estimate of drug-likeness (QED) is 0.419. The molecular weight excluding hydrogens is 192 g/mol. The SMILES string of the molecule is CC(=NNC(N)=S)c1cncs1. The number of thiazole rings is 1. The van der Waals surface area contributed by atoms with Crippen LogP contribution in [0.25, 0.3) is 0 Å². The summed E-state index contributed by atoms with van der Waals surface area (Å²) in [4.78, 5) is 4.92. The van der Waals surface area contributed by atoms with Crippen molar-refractivity contribution in [2.45, 2.75) is 6.92 Å². The van der Waals surface area contributed by atoms with Gasteiger partial charge >= 0.3 is 0 Å². The molecular formula is C6H8N4S2. The maximum atomic E-state index is 5.20. The smallest absolute Gasteiger partial charge is 0.184 e. The number of rotatable bonds is 2. The van der Waals surface area contributed by atoms with Gasteiger partial charge in [-0.3, -0.25) is 10.4 Å². The van der Waals surface area contributed by atoms with Crippen molar-refractivity contribution < 1.29 is 0 Å². The third-order valence-electron chi connectivity index (χ3n) is 1.12. The molecule has 1 aromatic rings. The first kappa shape index (κ1) is 9.08. The third-order valence-corrected chi connectivity index (χ3v) is 2.10. The first-order valence-electron chi connectivity index (χ1n) is 3.18. The molecule has 0 aliphatic rings. The molecule has 0 fully saturated rings. The molecule has 0 aliphatic heterocycles. The highest BCUT2D eigenvalue weighted by atomic mass is 32.1. The van der Waals surface area contributed by atoms with Crippen LogP contribution in [-0.2, 0) is 0 Å². The van der Waals surface area contributed by atoms with E-state index >= 15 is 0 Å². The van der Waals surface area contributed by atoms with Gasteiger partial charge in [-0.05, 0) is 19.1 Å². The lowest BCUT2D eigenvalue weighted by Crippen LogP contribution is -2.25. The van der Waals surface area contributed by atoms with E-state index in [1.54, 1.807) is 11.7 Å². The number of nitrogens with zero attached hydrogens (tertiary/aromatic N) is 2. The highest BCUT2D eigenvalue weighted by Crippen LogP contribution is 2.05. The number of thiocarbonyl (C=S) groups is 1. The molecule has 1 heterocycles. The largest absolute Gasteiger partial charge is 0.375 e. The zero-order valence-electron chi connectivity index (χ0n) is 6.44. The number of nitrogens with one attached hydrogen (secondary N) is 1. The number of aromatic nitrogens is 1. The summed E-state index contributed by atoms with van der Waals surface area (Å²) >= 11 is 6.11. The van der Waals surface area contributed by atoms with Gasteiger partial charge in [0.05, 0.1) is 16.1 Å². The fourth-order valence-corrected chi connectivity index (χ4v) is 1.21. The summed E-state index contributed by atoms with van der Waals surface area (Å²) in [5, 5.41) is 4.10. The molecule has 1 aromatic heterocycles. The van der Waals surface area contributed by atoms with Crippen LogP contribution in [0.15, 0.2) is 16.8 Å². The van der Waals surface area contributed by atoms with Gasteiger partial charge < -0.3 is 5.73 Å². The predicted octanol–water partition coefficient (Wildman–Crippen LogP) is 0.700. The molecule has 0 aromatic carbocycles. The van der Waals surface area contributed by atoms with Crippen molar-refractivity contribution in [2.24, 2.45) is 10.8 Å². The Labute approximate surface area is 79.5 Å². The van der Waals surface area contributed by atoms with E-state index in [0.29, 0.717) is 0 Å². The van der Waals surface area contributed by atoms with Crippen LogP contribution in [0.2, 0.25) is 0 Å². The lowest BCUT2D eigenvalue weighted by molar-refractivity contribution is 1.03. The Hall–Kier alpha value is -1.01. The van der Waals surface area contributed by atoms with Crippen molar-refractivity contribution in [3.8, 4) is 0 Å². The fourth-order valence-electron chi connectivity index (χ4n) is 0.589. The van der Waals surface area contributed by atoms with Crippen LogP contribution in [-0.4, -0.2) is 15.8 Å². The van der Waals surface area contributed by atoms with Crippen LogP contribution in [0.3, 0.4) is 0 Å². The summed E-state index contributed by atoms with van der Waals surface area (Å²) in [6.45, 7) is 1.86. The first-order valence-corrected chi connectivity index (χ1v) is 4.47. The average molecular weight is 200 g/mol. The molecule has 64 valence electrons. The van der Waals surface area contributed by atoms with E-state index < -0.39 is 0 Å². The zero-order chi connectivity index (χ0) is 8.97. The summed E-state index contributed by atoms with van der Waals surface area (Å²) in [5.74, 6) is 0. The van der Waals surface area contributed by atoms with E-state index in [9.17, 15) is 0 Å². The summed E-state index contributed by atoms with van der Waals surface area (Å²) < 4.78 is 0. The number of nitrogens with two attached hydrogens (primary N) is 1. The summed E-state index contributed by atoms with van der Waals surface area (Å²) in [7, 11) is 0. The summed E-state index contributed by atoms with van der Waals surface area (Å²) in [6, 6.07) is 0. The van der Waals surface area contributed by atoms with Crippen molar-refractivity contribution in [3.05, 3.63) is 16.6 Å². The number of hydrogen-bond acceptors (Lipinski definition) is 4. The maximum Gasteiger partial charge on any atom is 0.184 e. The van der Waals surface area contributed by atoms with Crippen molar-refractivity contribution in [1.29, 1.82) is 0 Å². The van der Waals surface area contributed by atoms with E-state index in [2.05, 4.69) is 27.7 Å². The van der Waals surface area contributed by atoms with Crippen LogP contribution >= 0.6 is 23.6 Å². The van der Waals surface area contributed by atoms with E-state index in [1.807, 2.05) is 6.92 Å². The molecule has 0 saturated heterocycles. The molecule has 12 heavy (non-hydrogen) atoms. The standard InChI is InChI=1S/C6H8N4S2/c1-4(9-10-6(7)11)5-2-8-3-12-5/h2-3H,1H3,(H3,7,10,11). The molecule has 0 bridgehead atoms. The first-order chi connectivity index (χ1) is 5.70. The van der Waals surface area contributed by atoms with Crippen LogP contribution in [0, 0.1) is 0 Å². The Bertz CT molecular complexity index is 291. The second-order valence-electron chi connectivity index (χ2n) is 2.04. The summed E-state index contributed by atoms with van der Waals surface area (Å²) in [6.07, 6.45) is 1.74. The Morgan fingerprint density at radius 1 is 1.83 bits per heavy atom. The van der Waals surface area contributed by atoms with Crippen molar-refractivity contribution in [1.82, 2.24) is 10.4 Å². The molecule has 0 spiro atoms. The van der Waals surface area contributed by atoms with Gasteiger partial charge in [-0.1, -0.05) is 0 Å². The average Bonchev–Trinajstić information content (AvgIpc) is 2.51. The molecule has 3 N–H and O–H groups in total. The molecule has 0 saturated carbocycles. The molecule has 6 heteroatoms. The highest BCUT2D eigenvalue weighted by molar-refractivity contribution is 7.80. The van der Waals surface area contributed by atoms with E-state index in [-0.39, 0.29) is 5.11 Å². The highest BCUT2D eigenvalue weighted by Gasteiger charge is 1.97. The Kier molecular flexibility index (Phi) is 3.12. The monoisotopic (exact) mass is 200 g/mol. The van der Waals surface area contributed by atoms with Crippen molar-refractivity contribution in [3.63, 3.8) is 0 Å². The van der Waals surface area contributed by atoms with Crippen LogP contribution in [0.5, 0.6) is 0 Å². The lowest BCUT2D eigenvalue weighted by Gasteiger charge is -1.96. The van der Waals surface area contributed by atoms with Gasteiger partial charge in [-0.25, -0.2) is 0 Å². The topological polar surface area (TPSA) is 63.3 Å². The molecule has 0 atom stereocenters. The van der Waals surface area contributed by atoms with Crippen molar-refractivity contribution >= 4 is 34.4 Å². The van der Waals surface area contributed by atoms with E-state index in [1.165, 1.54) is 11.3 Å². The van der Waals surface area contributed by atoms with Crippen LogP contribution in [0.1, 0.15) is 11.8 Å². The van der Waals surface area contributed by atoms with Gasteiger partial charge in [0, 0.05) is 6.20 Å². The fraction of sp³-hybridized carbons (Fsp3) is 0.167. The Balaban J connectivity index is 2.65. The van der Waals surface area contributed by atoms with E-state index in [0.717, 1.165) is 10.6 Å². The van der Waals surface area contributed by atoms with Gasteiger partial charge in [0.2, 0.25) is 0 Å². The van der Waals surface area contributed by atoms with Gasteiger partial charge in [-0.15, -0.1) is 11.3 Å². The predicted molar refractivity (Wildman–Crippen MR) is 54.2 cm³/mol. The third kappa shape index (κ3) is 2.55. The Morgan fingerprint density at radius 2 is 2.58 bits per heavy atom. The van der Waals surface area contributed by atoms with Crippen molar-refractivity contribution in [2.75, 3.05) is 0 Å². The minimum absolute atomic E-state index is 0.166. The molecule has 4 nitrogen and oxygen atoms in total. The minimum Gasteiger partial charge on any atom is -0.375 e. The molecule has 1 rings (SSSR count). The van der Waals surface area contributed by atoms with Crippen LogP contribution in [0.4, 0.5) is 0 Å². The van der Waals surface area contributed by atoms with E-state index in [4.69, 9.17) is 5.73 Å². The molecule has 0 radical (unpaired) electrons. The second-order valence-corrected chi connectivity index (χ2v) is 3.37. The number of hydrogen-bond donors (Lipinski definition) is 2. The van der Waals surface area contributed by atoms with Gasteiger partial charge in [0.1, 0.15) is 0 Å². The lowest BCUT2D eigenvalue weighted by atomic mass is 10.4. The minimum atomic E-state index is 0.166. The number of hydrazone groups is 1. The van der Waals surface area contributed by atoms with Gasteiger partial charge in [-0.2, -0.15) is 5.10 Å². The van der Waals surface area contributed by atoms with Gasteiger partial charge in [0.25, 0.3) is 0 Å². The molecule has 0 aliphatic carbocycles. The normalized spacial score (nSPS) is 11.2. The Morgan fingerprint density at radius 3 is 3.08 bits per heavy atom. The van der Waals surface area contributed by atoms with Crippen LogP contribution < -0.4 is 11.2 Å². The second kappa shape index (κ2) is 4.13. The molecule has 0 unspecified atom stereocenters. The maximum absolute atomic E-state index is 5.20.